The molecule has 0 unspecified atom stereocenters. The number of fused-ring (bicyclic) bond motifs is 6. The van der Waals surface area contributed by atoms with Crippen LogP contribution in [0.4, 0.5) is 0 Å². The molecule has 0 aliphatic heterocycles. The molecule has 0 N–H and O–H groups in total. The number of nitrogens with zero attached hydrogens (tertiary/aromatic N) is 6. The molecule has 0 fully saturated rings. The van der Waals surface area contributed by atoms with Crippen LogP contribution in [0.3, 0.4) is 0 Å². The molecule has 0 saturated heterocycles. The van der Waals surface area contributed by atoms with Crippen LogP contribution in [-0.2, 0) is 0 Å². The highest BCUT2D eigenvalue weighted by atomic mass is 32.1. The Bertz CT molecular complexity index is 3190. The van der Waals surface area contributed by atoms with Crippen molar-refractivity contribution in [3.63, 3.8) is 0 Å². The van der Waals surface area contributed by atoms with Crippen molar-refractivity contribution in [3.05, 3.63) is 170 Å². The van der Waals surface area contributed by atoms with E-state index in [0.717, 1.165) is 53.6 Å². The zero-order valence-electron chi connectivity index (χ0n) is 29.7. The van der Waals surface area contributed by atoms with E-state index in [1.807, 2.05) is 91.0 Å². The number of thiophene rings is 2. The van der Waals surface area contributed by atoms with E-state index < -0.39 is 0 Å². The highest BCUT2D eigenvalue weighted by Crippen LogP contribution is 2.44. The quantitative estimate of drug-likeness (QED) is 0.168. The molecule has 11 aromatic rings. The standard InChI is InChI=1S/C48H28N6S2/c1-4-14-29(15-5-1)43-49-44(30-16-6-2-7-17-30)52-47(51-43)35-22-13-25-40-41(35)34-21-12-23-36(42(34)56-40)48-53-45(31-18-8-3-9-19-31)50-46(54-48)32-26-27-39-37(28-32)33-20-10-11-24-38(33)55-39/h1-28H. The van der Waals surface area contributed by atoms with Crippen LogP contribution in [0.1, 0.15) is 0 Å². The minimum absolute atomic E-state index is 0.624. The van der Waals surface area contributed by atoms with Gasteiger partial charge >= 0.3 is 0 Å². The average Bonchev–Trinajstić information content (AvgIpc) is 3.85. The summed E-state index contributed by atoms with van der Waals surface area (Å²) < 4.78 is 4.72. The SMILES string of the molecule is c1ccc(-c2nc(-c3ccc4sc5ccccc5c4c3)nc(-c3cccc4c3sc3cccc(-c5nc(-c6ccccc6)nc(-c6ccccc6)n5)c34)n2)cc1. The van der Waals surface area contributed by atoms with Gasteiger partial charge in [-0.25, -0.2) is 29.9 Å². The van der Waals surface area contributed by atoms with E-state index in [1.165, 1.54) is 20.2 Å². The molecular formula is C48H28N6S2. The monoisotopic (exact) mass is 752 g/mol. The predicted molar refractivity (Wildman–Crippen MR) is 232 cm³/mol. The summed E-state index contributed by atoms with van der Waals surface area (Å²) in [6.45, 7) is 0. The van der Waals surface area contributed by atoms with Crippen molar-refractivity contribution < 1.29 is 0 Å². The minimum Gasteiger partial charge on any atom is -0.208 e. The molecule has 11 rings (SSSR count). The lowest BCUT2D eigenvalue weighted by Gasteiger charge is -2.10. The zero-order valence-corrected chi connectivity index (χ0v) is 31.3. The fourth-order valence-corrected chi connectivity index (χ4v) is 9.67. The van der Waals surface area contributed by atoms with Crippen molar-refractivity contribution in [2.24, 2.45) is 0 Å². The van der Waals surface area contributed by atoms with Crippen molar-refractivity contribution in [1.29, 1.82) is 0 Å². The Kier molecular flexibility index (Phi) is 7.75. The summed E-state index contributed by atoms with van der Waals surface area (Å²) in [4.78, 5) is 30.6. The molecular weight excluding hydrogens is 725 g/mol. The van der Waals surface area contributed by atoms with Crippen LogP contribution >= 0.6 is 22.7 Å². The van der Waals surface area contributed by atoms with Crippen LogP contribution in [0, 0.1) is 0 Å². The zero-order chi connectivity index (χ0) is 37.0. The Hall–Kier alpha value is -7.00. The molecule has 0 aliphatic rings. The lowest BCUT2D eigenvalue weighted by atomic mass is 10.0. The van der Waals surface area contributed by atoms with Gasteiger partial charge in [-0.05, 0) is 36.4 Å². The Balaban J connectivity index is 1.11. The second-order valence-electron chi connectivity index (χ2n) is 13.5. The highest BCUT2D eigenvalue weighted by Gasteiger charge is 2.21. The maximum atomic E-state index is 5.22. The van der Waals surface area contributed by atoms with E-state index >= 15 is 0 Å². The summed E-state index contributed by atoms with van der Waals surface area (Å²) in [5.41, 5.74) is 5.64. The highest BCUT2D eigenvalue weighted by molar-refractivity contribution is 7.26. The first-order valence-electron chi connectivity index (χ1n) is 18.3. The number of benzene rings is 7. The Morgan fingerprint density at radius 2 is 0.750 bits per heavy atom. The third-order valence-corrected chi connectivity index (χ3v) is 12.4. The molecule has 4 heterocycles. The van der Waals surface area contributed by atoms with E-state index in [4.69, 9.17) is 29.9 Å². The van der Waals surface area contributed by atoms with Crippen molar-refractivity contribution in [2.75, 3.05) is 0 Å². The maximum Gasteiger partial charge on any atom is 0.165 e. The molecule has 8 heteroatoms. The lowest BCUT2D eigenvalue weighted by molar-refractivity contribution is 1.08. The Labute approximate surface area is 329 Å². The topological polar surface area (TPSA) is 77.3 Å². The van der Waals surface area contributed by atoms with Crippen LogP contribution in [-0.4, -0.2) is 29.9 Å². The van der Waals surface area contributed by atoms with E-state index in [9.17, 15) is 0 Å². The first-order valence-corrected chi connectivity index (χ1v) is 19.9. The van der Waals surface area contributed by atoms with Crippen molar-refractivity contribution in [1.82, 2.24) is 29.9 Å². The second kappa shape index (κ2) is 13.4. The molecule has 56 heavy (non-hydrogen) atoms. The van der Waals surface area contributed by atoms with Gasteiger partial charge in [0.05, 0.1) is 0 Å². The minimum atomic E-state index is 0.624. The molecule has 7 aromatic carbocycles. The van der Waals surface area contributed by atoms with Gasteiger partial charge in [-0.2, -0.15) is 0 Å². The molecule has 0 amide bonds. The fraction of sp³-hybridized carbons (Fsp3) is 0. The molecule has 0 saturated carbocycles. The van der Waals surface area contributed by atoms with E-state index in [-0.39, 0.29) is 0 Å². The van der Waals surface area contributed by atoms with Gasteiger partial charge in [-0.3, -0.25) is 0 Å². The number of aromatic nitrogens is 6. The van der Waals surface area contributed by atoms with Crippen molar-refractivity contribution in [2.45, 2.75) is 0 Å². The average molecular weight is 753 g/mol. The molecule has 6 nitrogen and oxygen atoms in total. The first-order chi connectivity index (χ1) is 27.7. The second-order valence-corrected chi connectivity index (χ2v) is 15.6. The van der Waals surface area contributed by atoms with Gasteiger partial charge in [0.15, 0.2) is 34.9 Å². The largest absolute Gasteiger partial charge is 0.208 e. The van der Waals surface area contributed by atoms with E-state index in [2.05, 4.69) is 78.9 Å². The van der Waals surface area contributed by atoms with E-state index in [1.54, 1.807) is 22.7 Å². The molecule has 0 bridgehead atoms. The summed E-state index contributed by atoms with van der Waals surface area (Å²) in [7, 11) is 0. The molecule has 0 atom stereocenters. The van der Waals surface area contributed by atoms with Gasteiger partial charge in [0.25, 0.3) is 0 Å². The van der Waals surface area contributed by atoms with Crippen LogP contribution in [0.5, 0.6) is 0 Å². The van der Waals surface area contributed by atoms with Crippen molar-refractivity contribution in [3.8, 4) is 68.3 Å². The van der Waals surface area contributed by atoms with Gasteiger partial charge in [-0.15, -0.1) is 22.7 Å². The van der Waals surface area contributed by atoms with Gasteiger partial charge in [0.2, 0.25) is 0 Å². The van der Waals surface area contributed by atoms with Gasteiger partial charge in [0.1, 0.15) is 0 Å². The van der Waals surface area contributed by atoms with Crippen molar-refractivity contribution >= 4 is 63.0 Å². The molecule has 4 aromatic heterocycles. The summed E-state index contributed by atoms with van der Waals surface area (Å²) >= 11 is 3.53. The van der Waals surface area contributed by atoms with Crippen LogP contribution in [0.15, 0.2) is 170 Å². The van der Waals surface area contributed by atoms with E-state index in [0.29, 0.717) is 34.9 Å². The molecule has 0 radical (unpaired) electrons. The van der Waals surface area contributed by atoms with Gasteiger partial charge in [0, 0.05) is 73.7 Å². The number of hydrogen-bond acceptors (Lipinski definition) is 8. The Morgan fingerprint density at radius 1 is 0.286 bits per heavy atom. The summed E-state index contributed by atoms with van der Waals surface area (Å²) in [6.07, 6.45) is 0. The fourth-order valence-electron chi connectivity index (χ4n) is 7.35. The predicted octanol–water partition coefficient (Wildman–Crippen LogP) is 12.8. The smallest absolute Gasteiger partial charge is 0.165 e. The molecule has 0 aliphatic carbocycles. The normalized spacial score (nSPS) is 11.6. The third kappa shape index (κ3) is 5.62. The van der Waals surface area contributed by atoms with Crippen LogP contribution in [0.25, 0.3) is 109 Å². The molecule has 0 spiro atoms. The maximum absolute atomic E-state index is 5.22. The molecule has 262 valence electrons. The summed E-state index contributed by atoms with van der Waals surface area (Å²) in [6, 6.07) is 58.1. The van der Waals surface area contributed by atoms with Crippen LogP contribution in [0.2, 0.25) is 0 Å². The first kappa shape index (κ1) is 32.4. The third-order valence-electron chi connectivity index (χ3n) is 10.0. The number of rotatable bonds is 6. The van der Waals surface area contributed by atoms with Gasteiger partial charge < -0.3 is 0 Å². The van der Waals surface area contributed by atoms with Crippen LogP contribution < -0.4 is 0 Å². The van der Waals surface area contributed by atoms with Gasteiger partial charge in [-0.1, -0.05) is 133 Å². The number of hydrogen-bond donors (Lipinski definition) is 0. The lowest BCUT2D eigenvalue weighted by Crippen LogP contribution is -2.00. The summed E-state index contributed by atoms with van der Waals surface area (Å²) in [5, 5.41) is 4.62. The summed E-state index contributed by atoms with van der Waals surface area (Å²) in [5.74, 6) is 3.78. The Morgan fingerprint density at radius 3 is 1.39 bits per heavy atom.